The Balaban J connectivity index is 2.46. The molecular formula is C16H27N3O11. The lowest BCUT2D eigenvalue weighted by Crippen LogP contribution is -3.00. The molecule has 1 aliphatic rings. The summed E-state index contributed by atoms with van der Waals surface area (Å²) in [5.74, 6) is -17.7. The number of hydrogen-bond donors (Lipinski definition) is 13. The van der Waals surface area contributed by atoms with Gasteiger partial charge in [-0.05, 0) is 30.7 Å². The predicted molar refractivity (Wildman–Crippen MR) is 95.3 cm³/mol. The van der Waals surface area contributed by atoms with Gasteiger partial charge in [0.15, 0.2) is 5.66 Å². The Morgan fingerprint density at radius 1 is 0.833 bits per heavy atom. The molecule has 2 rings (SSSR count). The van der Waals surface area contributed by atoms with Crippen LogP contribution < -0.4 is 21.9 Å². The Kier molecular flexibility index (Phi) is 6.01. The third-order valence-corrected chi connectivity index (χ3v) is 5.41. The number of hydrogen-bond acceptors (Lipinski definition) is 14. The normalized spacial score (nSPS) is 29.2. The van der Waals surface area contributed by atoms with Gasteiger partial charge in [-0.3, -0.25) is 0 Å². The molecule has 0 radical (unpaired) electrons. The van der Waals surface area contributed by atoms with Gasteiger partial charge in [-0.25, -0.2) is 0 Å². The van der Waals surface area contributed by atoms with E-state index in [1.807, 2.05) is 0 Å². The van der Waals surface area contributed by atoms with Gasteiger partial charge in [0.25, 0.3) is 17.4 Å². The largest absolute Gasteiger partial charge is 0.490 e. The molecule has 16 N–H and O–H groups in total. The number of aliphatic hydroxyl groups is 10. The topological polar surface area (TPSA) is 290 Å². The molecule has 0 amide bonds. The second-order valence-corrected chi connectivity index (χ2v) is 7.37. The summed E-state index contributed by atoms with van der Waals surface area (Å²) in [7, 11) is 0. The van der Waals surface area contributed by atoms with E-state index in [1.54, 1.807) is 0 Å². The molecular weight excluding hydrogens is 410 g/mol. The van der Waals surface area contributed by atoms with Gasteiger partial charge in [0.05, 0.1) is 6.10 Å². The van der Waals surface area contributed by atoms with Crippen molar-refractivity contribution in [3.8, 4) is 5.75 Å². The lowest BCUT2D eigenvalue weighted by Gasteiger charge is -2.64. The fraction of sp³-hybridized carbons (Fsp3) is 0.625. The standard InChI is InChI=1S/C16H27N3O11/c17-5-4-10(20)8-2-1-3-9(6-8)30-7-11(21)13(22,23)12(18,19)15(26,27)16(28,29)14(11,24)25/h1-3,6,10,20-29H,4-5,7,17-19H2. The molecule has 1 fully saturated rings. The number of aliphatic hydroxyl groups excluding tert-OH is 1. The third-order valence-electron chi connectivity index (χ3n) is 5.41. The Bertz CT molecular complexity index is 751. The van der Waals surface area contributed by atoms with Gasteiger partial charge in [-0.2, -0.15) is 0 Å². The first-order chi connectivity index (χ1) is 13.4. The summed E-state index contributed by atoms with van der Waals surface area (Å²) in [6, 6.07) is 5.40. The molecule has 0 saturated heterocycles. The van der Waals surface area contributed by atoms with Crippen LogP contribution in [0.4, 0.5) is 0 Å². The van der Waals surface area contributed by atoms with Crippen LogP contribution in [-0.4, -0.2) is 98.6 Å². The molecule has 1 aromatic carbocycles. The minimum absolute atomic E-state index is 0.158. The zero-order valence-corrected chi connectivity index (χ0v) is 15.6. The van der Waals surface area contributed by atoms with Crippen LogP contribution in [0.25, 0.3) is 0 Å². The van der Waals surface area contributed by atoms with Crippen molar-refractivity contribution in [1.82, 2.24) is 0 Å². The number of rotatable bonds is 6. The van der Waals surface area contributed by atoms with Crippen molar-refractivity contribution in [2.45, 2.75) is 46.9 Å². The Morgan fingerprint density at radius 3 is 1.93 bits per heavy atom. The van der Waals surface area contributed by atoms with Crippen molar-refractivity contribution in [2.24, 2.45) is 17.2 Å². The highest BCUT2D eigenvalue weighted by Crippen LogP contribution is 2.52. The fourth-order valence-electron chi connectivity index (χ4n) is 3.17. The second kappa shape index (κ2) is 7.28. The first kappa shape index (κ1) is 24.8. The zero-order valence-electron chi connectivity index (χ0n) is 15.6. The first-order valence-electron chi connectivity index (χ1n) is 8.62. The molecule has 0 aliphatic heterocycles. The molecule has 1 aromatic rings. The van der Waals surface area contributed by atoms with E-state index in [-0.39, 0.29) is 18.7 Å². The van der Waals surface area contributed by atoms with Gasteiger partial charge in [0, 0.05) is 0 Å². The molecule has 14 heteroatoms. The van der Waals surface area contributed by atoms with E-state index < -0.39 is 47.1 Å². The van der Waals surface area contributed by atoms with E-state index in [4.69, 9.17) is 21.9 Å². The average molecular weight is 437 g/mol. The van der Waals surface area contributed by atoms with Crippen LogP contribution in [0.3, 0.4) is 0 Å². The molecule has 30 heavy (non-hydrogen) atoms. The van der Waals surface area contributed by atoms with Crippen LogP contribution in [0.15, 0.2) is 24.3 Å². The number of nitrogens with two attached hydrogens (primary N) is 3. The van der Waals surface area contributed by atoms with Gasteiger partial charge >= 0.3 is 0 Å². The Morgan fingerprint density at radius 2 is 1.40 bits per heavy atom. The van der Waals surface area contributed by atoms with Crippen molar-refractivity contribution in [1.29, 1.82) is 0 Å². The average Bonchev–Trinajstić information content (AvgIpc) is 2.64. The van der Waals surface area contributed by atoms with E-state index in [9.17, 15) is 51.1 Å². The monoisotopic (exact) mass is 437 g/mol. The zero-order chi connectivity index (χ0) is 23.4. The van der Waals surface area contributed by atoms with Gasteiger partial charge in [-0.1, -0.05) is 12.1 Å². The maximum atomic E-state index is 10.7. The highest BCUT2D eigenvalue weighted by molar-refractivity contribution is 5.32. The van der Waals surface area contributed by atoms with E-state index in [0.29, 0.717) is 5.56 Å². The summed E-state index contributed by atoms with van der Waals surface area (Å²) >= 11 is 0. The van der Waals surface area contributed by atoms with E-state index in [0.717, 1.165) is 0 Å². The third kappa shape index (κ3) is 3.02. The maximum absolute atomic E-state index is 10.7. The summed E-state index contributed by atoms with van der Waals surface area (Å²) in [5.41, 5.74) is 8.49. The maximum Gasteiger partial charge on any atom is 0.281 e. The number of ether oxygens (including phenoxy) is 1. The molecule has 14 nitrogen and oxygen atoms in total. The van der Waals surface area contributed by atoms with E-state index in [2.05, 4.69) is 0 Å². The van der Waals surface area contributed by atoms with E-state index >= 15 is 0 Å². The SMILES string of the molecule is NCCC(O)c1cccc(OCC2(O)C(O)(O)C(N)(N)C(O)(O)C(O)(O)C2(O)O)c1. The highest BCUT2D eigenvalue weighted by Gasteiger charge is 2.89. The lowest BCUT2D eigenvalue weighted by molar-refractivity contribution is -0.562. The van der Waals surface area contributed by atoms with Gasteiger partial charge in [-0.15, -0.1) is 0 Å². The van der Waals surface area contributed by atoms with Crippen molar-refractivity contribution in [3.63, 3.8) is 0 Å². The smallest absolute Gasteiger partial charge is 0.281 e. The minimum Gasteiger partial charge on any atom is -0.490 e. The molecule has 0 heterocycles. The van der Waals surface area contributed by atoms with Crippen LogP contribution in [0, 0.1) is 0 Å². The van der Waals surface area contributed by atoms with Gasteiger partial charge < -0.3 is 73.0 Å². The van der Waals surface area contributed by atoms with E-state index in [1.165, 1.54) is 24.3 Å². The summed E-state index contributed by atoms with van der Waals surface area (Å²) in [4.78, 5) is 0. The highest BCUT2D eigenvalue weighted by atomic mass is 16.7. The molecule has 0 spiro atoms. The van der Waals surface area contributed by atoms with Crippen molar-refractivity contribution < 1.29 is 55.8 Å². The quantitative estimate of drug-likeness (QED) is 0.184. The molecule has 0 aromatic heterocycles. The van der Waals surface area contributed by atoms with Crippen LogP contribution in [-0.2, 0) is 0 Å². The summed E-state index contributed by atoms with van der Waals surface area (Å²) in [6.45, 7) is -1.35. The Hall–Kier alpha value is -1.50. The molecule has 2 atom stereocenters. The first-order valence-corrected chi connectivity index (χ1v) is 8.62. The molecule has 1 saturated carbocycles. The molecule has 0 bridgehead atoms. The number of benzene rings is 1. The van der Waals surface area contributed by atoms with Crippen LogP contribution >= 0.6 is 0 Å². The van der Waals surface area contributed by atoms with Crippen molar-refractivity contribution in [3.05, 3.63) is 29.8 Å². The summed E-state index contributed by atoms with van der Waals surface area (Å²) in [6.07, 6.45) is -0.802. The Labute approximate surface area is 169 Å². The van der Waals surface area contributed by atoms with Crippen LogP contribution in [0.2, 0.25) is 0 Å². The summed E-state index contributed by atoms with van der Waals surface area (Å²) in [5, 5.41) is 101. The fourth-order valence-corrected chi connectivity index (χ4v) is 3.17. The summed E-state index contributed by atoms with van der Waals surface area (Å²) < 4.78 is 5.11. The lowest BCUT2D eigenvalue weighted by atomic mass is 9.62. The molecule has 1 aliphatic carbocycles. The van der Waals surface area contributed by atoms with Crippen molar-refractivity contribution in [2.75, 3.05) is 13.2 Å². The second-order valence-electron chi connectivity index (χ2n) is 7.37. The molecule has 172 valence electrons. The minimum atomic E-state index is -4.50. The van der Waals surface area contributed by atoms with Gasteiger partial charge in [0.2, 0.25) is 11.4 Å². The predicted octanol–water partition coefficient (Wildman–Crippen LogP) is -6.47. The van der Waals surface area contributed by atoms with Gasteiger partial charge in [0.1, 0.15) is 12.4 Å². The van der Waals surface area contributed by atoms with Crippen LogP contribution in [0.1, 0.15) is 18.1 Å². The van der Waals surface area contributed by atoms with Crippen molar-refractivity contribution >= 4 is 0 Å². The van der Waals surface area contributed by atoms with Crippen LogP contribution in [0.5, 0.6) is 5.75 Å². The molecule has 2 unspecified atom stereocenters.